The molecule has 1 atom stereocenters. The second-order valence-electron chi connectivity index (χ2n) is 9.65. The minimum atomic E-state index is -0.243. The normalized spacial score (nSPS) is 13.4. The molecule has 1 aromatic carbocycles. The first-order valence-corrected chi connectivity index (χ1v) is 11.4. The number of aryl methyl sites for hydroxylation is 2. The Kier molecular flexibility index (Phi) is 7.15. The molecule has 0 bridgehead atoms. The highest BCUT2D eigenvalue weighted by Gasteiger charge is 2.33. The van der Waals surface area contributed by atoms with Crippen molar-refractivity contribution in [2.24, 2.45) is 5.92 Å². The molecule has 0 saturated heterocycles. The summed E-state index contributed by atoms with van der Waals surface area (Å²) in [6, 6.07) is 5.92. The van der Waals surface area contributed by atoms with Crippen LogP contribution in [0.5, 0.6) is 0 Å². The third kappa shape index (κ3) is 4.76. The maximum atomic E-state index is 12.9. The van der Waals surface area contributed by atoms with Crippen molar-refractivity contribution in [1.82, 2.24) is 30.1 Å². The smallest absolute Gasteiger partial charge is 0.252 e. The molecule has 0 radical (unpaired) electrons. The second-order valence-corrected chi connectivity index (χ2v) is 9.65. The lowest BCUT2D eigenvalue weighted by molar-refractivity contribution is 0.0999. The molecule has 0 aliphatic carbocycles. The molecule has 0 spiro atoms. The van der Waals surface area contributed by atoms with Gasteiger partial charge in [0.25, 0.3) is 5.56 Å². The molecule has 1 unspecified atom stereocenters. The SMILES string of the molecule is CCC(C)(C)n1nnnc1C(C(C)C)N(CCO)Cc1cc2cc(C)c(C)cc2[nH]c1=O. The Morgan fingerprint density at radius 1 is 1.19 bits per heavy atom. The van der Waals surface area contributed by atoms with Gasteiger partial charge in [-0.05, 0) is 85.2 Å². The molecule has 0 amide bonds. The molecular formula is C24H36N6O2. The molecule has 0 aliphatic heterocycles. The summed E-state index contributed by atoms with van der Waals surface area (Å²) in [5, 5.41) is 23.5. The van der Waals surface area contributed by atoms with E-state index in [1.54, 1.807) is 0 Å². The summed E-state index contributed by atoms with van der Waals surface area (Å²) in [7, 11) is 0. The number of hydrogen-bond donors (Lipinski definition) is 2. The van der Waals surface area contributed by atoms with Crippen LogP contribution in [0.3, 0.4) is 0 Å². The number of aromatic amines is 1. The zero-order valence-electron chi connectivity index (χ0n) is 20.3. The molecule has 3 aromatic rings. The van der Waals surface area contributed by atoms with Crippen molar-refractivity contribution < 1.29 is 5.11 Å². The van der Waals surface area contributed by atoms with Gasteiger partial charge in [0.05, 0.1) is 18.2 Å². The maximum absolute atomic E-state index is 12.9. The van der Waals surface area contributed by atoms with Gasteiger partial charge in [0.1, 0.15) is 0 Å². The Morgan fingerprint density at radius 2 is 1.88 bits per heavy atom. The van der Waals surface area contributed by atoms with Crippen LogP contribution in [-0.4, -0.2) is 48.3 Å². The fraction of sp³-hybridized carbons (Fsp3) is 0.583. The zero-order valence-corrected chi connectivity index (χ0v) is 20.3. The van der Waals surface area contributed by atoms with Crippen LogP contribution in [0.25, 0.3) is 10.9 Å². The van der Waals surface area contributed by atoms with Gasteiger partial charge in [-0.2, -0.15) is 0 Å². The van der Waals surface area contributed by atoms with Crippen LogP contribution in [0, 0.1) is 19.8 Å². The van der Waals surface area contributed by atoms with Crippen molar-refractivity contribution in [2.75, 3.05) is 13.2 Å². The van der Waals surface area contributed by atoms with Crippen molar-refractivity contribution in [1.29, 1.82) is 0 Å². The molecule has 8 heteroatoms. The number of pyridine rings is 1. The van der Waals surface area contributed by atoms with E-state index in [9.17, 15) is 9.90 Å². The van der Waals surface area contributed by atoms with Gasteiger partial charge < -0.3 is 10.1 Å². The topological polar surface area (TPSA) is 99.9 Å². The summed E-state index contributed by atoms with van der Waals surface area (Å²) in [6.45, 7) is 15.4. The van der Waals surface area contributed by atoms with Gasteiger partial charge in [0.2, 0.25) is 0 Å². The average Bonchev–Trinajstić information content (AvgIpc) is 3.20. The maximum Gasteiger partial charge on any atom is 0.252 e. The number of aliphatic hydroxyl groups excluding tert-OH is 1. The fourth-order valence-electron chi connectivity index (χ4n) is 4.15. The van der Waals surface area contributed by atoms with Crippen molar-refractivity contribution in [3.8, 4) is 0 Å². The number of nitrogens with zero attached hydrogens (tertiary/aromatic N) is 5. The van der Waals surface area contributed by atoms with E-state index >= 15 is 0 Å². The quantitative estimate of drug-likeness (QED) is 0.528. The van der Waals surface area contributed by atoms with Gasteiger partial charge in [-0.1, -0.05) is 20.8 Å². The number of benzene rings is 1. The number of rotatable bonds is 9. The Hall–Kier alpha value is -2.58. The Bertz CT molecular complexity index is 1130. The van der Waals surface area contributed by atoms with Crippen molar-refractivity contribution in [3.63, 3.8) is 0 Å². The average molecular weight is 441 g/mol. The van der Waals surface area contributed by atoms with Crippen LogP contribution in [0.2, 0.25) is 0 Å². The predicted molar refractivity (Wildman–Crippen MR) is 127 cm³/mol. The largest absolute Gasteiger partial charge is 0.395 e. The van der Waals surface area contributed by atoms with Gasteiger partial charge >= 0.3 is 0 Å². The van der Waals surface area contributed by atoms with Crippen molar-refractivity contribution in [2.45, 2.75) is 73.0 Å². The van der Waals surface area contributed by atoms with Crippen molar-refractivity contribution in [3.05, 3.63) is 51.1 Å². The molecule has 2 N–H and O–H groups in total. The number of fused-ring (bicyclic) bond motifs is 1. The zero-order chi connectivity index (χ0) is 23.6. The molecule has 0 saturated carbocycles. The summed E-state index contributed by atoms with van der Waals surface area (Å²) in [4.78, 5) is 18.1. The summed E-state index contributed by atoms with van der Waals surface area (Å²) in [6.07, 6.45) is 0.874. The standard InChI is InChI=1S/C24H36N6O2/c1-8-24(6,7)30-22(26-27-28-30)21(15(2)3)29(9-10-31)14-19-13-18-11-16(4)17(5)12-20(18)25-23(19)32/h11-13,15,21,31H,8-10,14H2,1-7H3,(H,25,32). The van der Waals surface area contributed by atoms with Gasteiger partial charge in [-0.25, -0.2) is 4.68 Å². The highest BCUT2D eigenvalue weighted by atomic mass is 16.3. The van der Waals surface area contributed by atoms with Crippen LogP contribution in [0.4, 0.5) is 0 Å². The highest BCUT2D eigenvalue weighted by molar-refractivity contribution is 5.80. The molecule has 174 valence electrons. The summed E-state index contributed by atoms with van der Waals surface area (Å²) in [5.74, 6) is 0.923. The van der Waals surface area contributed by atoms with Crippen LogP contribution >= 0.6 is 0 Å². The monoisotopic (exact) mass is 440 g/mol. The summed E-state index contributed by atoms with van der Waals surface area (Å²) in [5.41, 5.74) is 3.47. The highest BCUT2D eigenvalue weighted by Crippen LogP contribution is 2.31. The van der Waals surface area contributed by atoms with Crippen LogP contribution in [-0.2, 0) is 12.1 Å². The predicted octanol–water partition coefficient (Wildman–Crippen LogP) is 3.47. The lowest BCUT2D eigenvalue weighted by atomic mass is 9.97. The molecule has 0 fully saturated rings. The third-order valence-corrected chi connectivity index (χ3v) is 6.52. The molecule has 2 aromatic heterocycles. The number of hydrogen-bond acceptors (Lipinski definition) is 6. The fourth-order valence-corrected chi connectivity index (χ4v) is 4.15. The van der Waals surface area contributed by atoms with E-state index in [1.165, 1.54) is 5.56 Å². The molecule has 32 heavy (non-hydrogen) atoms. The molecule has 0 aliphatic rings. The van der Waals surface area contributed by atoms with Gasteiger partial charge in [-0.15, -0.1) is 5.10 Å². The third-order valence-electron chi connectivity index (χ3n) is 6.52. The lowest BCUT2D eigenvalue weighted by Crippen LogP contribution is -2.39. The number of tetrazole rings is 1. The van der Waals surface area contributed by atoms with E-state index in [0.717, 1.165) is 28.7 Å². The first kappa shape index (κ1) is 24.1. The van der Waals surface area contributed by atoms with E-state index in [1.807, 2.05) is 23.7 Å². The molecule has 3 rings (SSSR count). The summed E-state index contributed by atoms with van der Waals surface area (Å²) < 4.78 is 1.89. The Balaban J connectivity index is 2.05. The minimum absolute atomic E-state index is 0.0221. The lowest BCUT2D eigenvalue weighted by Gasteiger charge is -2.35. The van der Waals surface area contributed by atoms with Crippen LogP contribution in [0.15, 0.2) is 23.0 Å². The number of H-pyrrole nitrogens is 1. The molecular weight excluding hydrogens is 404 g/mol. The first-order chi connectivity index (χ1) is 15.1. The second kappa shape index (κ2) is 9.50. The van der Waals surface area contributed by atoms with E-state index in [-0.39, 0.29) is 29.7 Å². The van der Waals surface area contributed by atoms with Crippen LogP contribution in [0.1, 0.15) is 69.6 Å². The number of aliphatic hydroxyl groups is 1. The molecule has 8 nitrogen and oxygen atoms in total. The molecule has 2 heterocycles. The number of nitrogens with one attached hydrogen (secondary N) is 1. The summed E-state index contributed by atoms with van der Waals surface area (Å²) >= 11 is 0. The first-order valence-electron chi connectivity index (χ1n) is 11.4. The Labute approximate surface area is 189 Å². The van der Waals surface area contributed by atoms with Gasteiger partial charge in [0.15, 0.2) is 5.82 Å². The van der Waals surface area contributed by atoms with E-state index < -0.39 is 0 Å². The Morgan fingerprint density at radius 3 is 2.50 bits per heavy atom. The minimum Gasteiger partial charge on any atom is -0.395 e. The van der Waals surface area contributed by atoms with E-state index in [4.69, 9.17) is 0 Å². The van der Waals surface area contributed by atoms with Gasteiger partial charge in [-0.3, -0.25) is 9.69 Å². The van der Waals surface area contributed by atoms with Gasteiger partial charge in [0, 0.05) is 24.2 Å². The van der Waals surface area contributed by atoms with E-state index in [0.29, 0.717) is 18.7 Å². The van der Waals surface area contributed by atoms with E-state index in [2.05, 4.69) is 73.0 Å². The number of aromatic nitrogens is 5. The van der Waals surface area contributed by atoms with Crippen molar-refractivity contribution >= 4 is 10.9 Å². The van der Waals surface area contributed by atoms with Crippen LogP contribution < -0.4 is 5.56 Å².